The van der Waals surface area contributed by atoms with E-state index in [4.69, 9.17) is 28.3 Å². The number of nitrogens with one attached hydrogen (secondary N) is 1. The number of aromatic carboxylic acids is 1. The molecule has 0 saturated heterocycles. The van der Waals surface area contributed by atoms with E-state index in [-0.39, 0.29) is 5.56 Å². The molecule has 0 aliphatic heterocycles. The Labute approximate surface area is 132 Å². The molecule has 1 heterocycles. The van der Waals surface area contributed by atoms with Gasteiger partial charge in [0.1, 0.15) is 0 Å². The largest absolute Gasteiger partial charge is 0.478 e. The molecule has 0 bridgehead atoms. The third-order valence-electron chi connectivity index (χ3n) is 2.83. The van der Waals surface area contributed by atoms with Gasteiger partial charge in [0.25, 0.3) is 0 Å². The minimum atomic E-state index is -0.962. The van der Waals surface area contributed by atoms with Crippen LogP contribution in [0.15, 0.2) is 48.5 Å². The molecule has 108 valence electrons. The molecule has 0 saturated carbocycles. The molecule has 0 aliphatic rings. The molecule has 2 rings (SSSR count). The molecule has 2 N–H and O–H groups in total. The topological polar surface area (TPSA) is 53.1 Å². The van der Waals surface area contributed by atoms with E-state index in [0.717, 1.165) is 17.0 Å². The molecule has 0 atom stereocenters. The highest BCUT2D eigenvalue weighted by Gasteiger charge is 2.04. The van der Waals surface area contributed by atoms with E-state index >= 15 is 0 Å². The van der Waals surface area contributed by atoms with E-state index in [9.17, 15) is 4.79 Å². The predicted octanol–water partition coefficient (Wildman–Crippen LogP) is 5.12. The monoisotopic (exact) mass is 321 g/mol. The van der Waals surface area contributed by atoms with Crippen LogP contribution >= 0.6 is 23.2 Å². The molecule has 0 amide bonds. The summed E-state index contributed by atoms with van der Waals surface area (Å²) in [7, 11) is 0. The van der Waals surface area contributed by atoms with Crippen molar-refractivity contribution in [2.45, 2.75) is 6.92 Å². The van der Waals surface area contributed by atoms with Gasteiger partial charge in [-0.3, -0.25) is 0 Å². The summed E-state index contributed by atoms with van der Waals surface area (Å²) in [5.74, 6) is -0.962. The van der Waals surface area contributed by atoms with Crippen molar-refractivity contribution in [1.82, 2.24) is 4.98 Å². The Morgan fingerprint density at radius 1 is 1.05 bits per heavy atom. The molecule has 0 spiro atoms. The first-order chi connectivity index (χ1) is 9.97. The van der Waals surface area contributed by atoms with Crippen molar-refractivity contribution >= 4 is 29.2 Å². The van der Waals surface area contributed by atoms with Crippen molar-refractivity contribution in [2.24, 2.45) is 0 Å². The molecule has 1 aromatic heterocycles. The average molecular weight is 322 g/mol. The maximum atomic E-state index is 11.1. The maximum absolute atomic E-state index is 11.1. The highest BCUT2D eigenvalue weighted by Crippen LogP contribution is 2.22. The summed E-state index contributed by atoms with van der Waals surface area (Å²) in [5.41, 5.74) is 2.56. The minimum Gasteiger partial charge on any atom is -0.478 e. The van der Waals surface area contributed by atoms with Gasteiger partial charge in [0.15, 0.2) is 0 Å². The zero-order valence-electron chi connectivity index (χ0n) is 11.2. The summed E-state index contributed by atoms with van der Waals surface area (Å²) in [4.78, 5) is 14.3. The number of benzene rings is 1. The molecule has 5 heteroatoms. The van der Waals surface area contributed by atoms with Crippen molar-refractivity contribution in [3.05, 3.63) is 69.8 Å². The lowest BCUT2D eigenvalue weighted by Gasteiger charge is -2.02. The minimum absolute atomic E-state index is 0.231. The van der Waals surface area contributed by atoms with E-state index in [1.165, 1.54) is 0 Å². The highest BCUT2D eigenvalue weighted by atomic mass is 35.5. The van der Waals surface area contributed by atoms with Crippen LogP contribution in [0.1, 0.15) is 16.1 Å². The standard InChI is InChI=1S/C16H13Cl2NO2/c1-10-8-14(18)13(17)6-3-7-15(19-10)11-4-2-5-12(9-11)16(20)21/h2-9,19H,1H3,(H,20,21). The number of carboxylic acid groups (broad SMARTS) is 1. The van der Waals surface area contributed by atoms with Gasteiger partial charge >= 0.3 is 5.97 Å². The van der Waals surface area contributed by atoms with E-state index in [1.54, 1.807) is 36.4 Å². The molecule has 0 aliphatic carbocycles. The third-order valence-corrected chi connectivity index (χ3v) is 3.57. The maximum Gasteiger partial charge on any atom is 0.335 e. The number of aromatic nitrogens is 1. The first-order valence-corrected chi connectivity index (χ1v) is 6.95. The van der Waals surface area contributed by atoms with Gasteiger partial charge in [0.2, 0.25) is 0 Å². The van der Waals surface area contributed by atoms with Crippen molar-refractivity contribution < 1.29 is 9.90 Å². The van der Waals surface area contributed by atoms with E-state index < -0.39 is 5.97 Å². The Morgan fingerprint density at radius 2 is 1.76 bits per heavy atom. The second-order valence-electron chi connectivity index (χ2n) is 4.47. The van der Waals surface area contributed by atoms with E-state index in [1.807, 2.05) is 19.1 Å². The first-order valence-electron chi connectivity index (χ1n) is 6.20. The van der Waals surface area contributed by atoms with Crippen LogP contribution in [-0.2, 0) is 0 Å². The summed E-state index contributed by atoms with van der Waals surface area (Å²) in [6, 6.07) is 13.7. The van der Waals surface area contributed by atoms with Crippen LogP contribution in [0.3, 0.4) is 0 Å². The van der Waals surface area contributed by atoms with Crippen molar-refractivity contribution in [2.75, 3.05) is 0 Å². The number of halogens is 2. The fourth-order valence-corrected chi connectivity index (χ4v) is 2.20. The van der Waals surface area contributed by atoms with Gasteiger partial charge in [-0.15, -0.1) is 0 Å². The summed E-state index contributed by atoms with van der Waals surface area (Å²) < 4.78 is 0. The second kappa shape index (κ2) is 6.66. The number of carboxylic acids is 1. The van der Waals surface area contributed by atoms with Gasteiger partial charge < -0.3 is 10.1 Å². The van der Waals surface area contributed by atoms with Gasteiger partial charge in [-0.05, 0) is 42.8 Å². The molecular formula is C16H13Cl2NO2. The van der Waals surface area contributed by atoms with Crippen LogP contribution in [0.4, 0.5) is 0 Å². The third kappa shape index (κ3) is 4.00. The van der Waals surface area contributed by atoms with Gasteiger partial charge in [-0.25, -0.2) is 4.79 Å². The smallest absolute Gasteiger partial charge is 0.335 e. The Hall–Kier alpha value is -1.97. The summed E-state index contributed by atoms with van der Waals surface area (Å²) in [5, 5.41) is 9.94. The normalized spacial score (nSPS) is 10.0. The fraction of sp³-hybridized carbons (Fsp3) is 0.0625. The van der Waals surface area contributed by atoms with Crippen LogP contribution in [0.25, 0.3) is 11.3 Å². The van der Waals surface area contributed by atoms with Gasteiger partial charge in [-0.2, -0.15) is 0 Å². The Kier molecular flexibility index (Phi) is 4.89. The molecule has 2 aromatic rings. The van der Waals surface area contributed by atoms with Crippen molar-refractivity contribution in [3.8, 4) is 11.3 Å². The van der Waals surface area contributed by atoms with Gasteiger partial charge in [0.05, 0.1) is 15.6 Å². The zero-order chi connectivity index (χ0) is 15.4. The molecule has 0 radical (unpaired) electrons. The van der Waals surface area contributed by atoms with Crippen LogP contribution in [0.2, 0.25) is 10.0 Å². The number of hydrogen-bond acceptors (Lipinski definition) is 1. The molecule has 0 unspecified atom stereocenters. The molecular weight excluding hydrogens is 309 g/mol. The molecule has 0 fully saturated rings. The van der Waals surface area contributed by atoms with Crippen LogP contribution in [0, 0.1) is 6.92 Å². The van der Waals surface area contributed by atoms with E-state index in [2.05, 4.69) is 4.98 Å². The lowest BCUT2D eigenvalue weighted by molar-refractivity contribution is 0.0697. The SMILES string of the molecule is Cc1cc(Cl)c(Cl)cccc(-c2cccc(C(=O)O)c2)[nH]1. The summed E-state index contributed by atoms with van der Waals surface area (Å²) >= 11 is 12.1. The Balaban J connectivity index is 2.64. The van der Waals surface area contributed by atoms with Crippen LogP contribution < -0.4 is 0 Å². The van der Waals surface area contributed by atoms with Gasteiger partial charge in [-0.1, -0.05) is 41.4 Å². The Morgan fingerprint density at radius 3 is 2.48 bits per heavy atom. The summed E-state index contributed by atoms with van der Waals surface area (Å²) in [6.07, 6.45) is 0. The highest BCUT2D eigenvalue weighted by molar-refractivity contribution is 6.41. The fourth-order valence-electron chi connectivity index (χ4n) is 1.85. The molecule has 3 nitrogen and oxygen atoms in total. The number of aromatic amines is 1. The lowest BCUT2D eigenvalue weighted by atomic mass is 10.1. The van der Waals surface area contributed by atoms with E-state index in [0.29, 0.717) is 10.0 Å². The zero-order valence-corrected chi connectivity index (χ0v) is 12.7. The Bertz CT molecular complexity index is 737. The quantitative estimate of drug-likeness (QED) is 0.806. The molecule has 21 heavy (non-hydrogen) atoms. The number of carbonyl (C=O) groups is 1. The van der Waals surface area contributed by atoms with Crippen LogP contribution in [-0.4, -0.2) is 16.1 Å². The number of aryl methyl sites for hydroxylation is 1. The van der Waals surface area contributed by atoms with Crippen molar-refractivity contribution in [1.29, 1.82) is 0 Å². The average Bonchev–Trinajstić information content (AvgIpc) is 2.50. The van der Waals surface area contributed by atoms with Crippen LogP contribution in [0.5, 0.6) is 0 Å². The van der Waals surface area contributed by atoms with Crippen molar-refractivity contribution in [3.63, 3.8) is 0 Å². The number of H-pyrrole nitrogens is 1. The van der Waals surface area contributed by atoms with Gasteiger partial charge in [0, 0.05) is 11.4 Å². The molecule has 1 aromatic carbocycles. The summed E-state index contributed by atoms with van der Waals surface area (Å²) in [6.45, 7) is 1.85. The first kappa shape index (κ1) is 15.4. The number of rotatable bonds is 2. The second-order valence-corrected chi connectivity index (χ2v) is 5.29. The predicted molar refractivity (Wildman–Crippen MR) is 85.6 cm³/mol. The number of hydrogen-bond donors (Lipinski definition) is 2. The lowest BCUT2D eigenvalue weighted by Crippen LogP contribution is -1.96.